The van der Waals surface area contributed by atoms with Crippen LogP contribution in [0.2, 0.25) is 0 Å². The van der Waals surface area contributed by atoms with Crippen LogP contribution in [-0.2, 0) is 0 Å². The highest BCUT2D eigenvalue weighted by atomic mass is 19.1. The molecule has 30 heavy (non-hydrogen) atoms. The summed E-state index contributed by atoms with van der Waals surface area (Å²) < 4.78 is 58.5. The van der Waals surface area contributed by atoms with Crippen LogP contribution in [0.1, 0.15) is 26.4 Å². The van der Waals surface area contributed by atoms with Gasteiger partial charge in [-0.2, -0.15) is 0 Å². The number of aromatic nitrogens is 1. The third-order valence-electron chi connectivity index (χ3n) is 4.67. The summed E-state index contributed by atoms with van der Waals surface area (Å²) in [5, 5.41) is 9.00. The molecule has 0 aliphatic rings. The van der Waals surface area contributed by atoms with Crippen LogP contribution in [0.3, 0.4) is 0 Å². The van der Waals surface area contributed by atoms with Crippen molar-refractivity contribution in [2.75, 3.05) is 0 Å². The first-order chi connectivity index (χ1) is 14.3. The molecule has 4 nitrogen and oxygen atoms in total. The van der Waals surface area contributed by atoms with Crippen LogP contribution >= 0.6 is 0 Å². The Hall–Kier alpha value is -3.94. The van der Waals surface area contributed by atoms with Crippen molar-refractivity contribution in [3.63, 3.8) is 0 Å². The van der Waals surface area contributed by atoms with Crippen LogP contribution in [-0.4, -0.2) is 21.3 Å². The molecule has 0 unspecified atom stereocenters. The molecule has 2 heterocycles. The number of nitrogens with zero attached hydrogens (tertiary/aromatic N) is 1. The van der Waals surface area contributed by atoms with Crippen LogP contribution in [0.25, 0.3) is 16.6 Å². The molecule has 0 amide bonds. The Morgan fingerprint density at radius 1 is 0.767 bits per heavy atom. The Bertz CT molecular complexity index is 1320. The zero-order valence-electron chi connectivity index (χ0n) is 15.0. The molecule has 2 aromatic heterocycles. The average Bonchev–Trinajstić information content (AvgIpc) is 3.08. The number of ketones is 1. The van der Waals surface area contributed by atoms with E-state index in [1.54, 1.807) is 0 Å². The number of carboxylic acids is 1. The van der Waals surface area contributed by atoms with Gasteiger partial charge in [-0.15, -0.1) is 0 Å². The number of rotatable bonds is 4. The summed E-state index contributed by atoms with van der Waals surface area (Å²) in [7, 11) is 0. The third-order valence-corrected chi connectivity index (χ3v) is 4.67. The maximum absolute atomic E-state index is 14.6. The standard InChI is InChI=1S/C22H11F4NO3/c23-14-3-1-4-15(24)19(14)21(28)18-10-13(20-16(25)5-2-8-27(18)20)12-7-6-11(22(29)30)9-17(12)26/h1-10H,(H,29,30). The quantitative estimate of drug-likeness (QED) is 0.375. The Morgan fingerprint density at radius 3 is 2.07 bits per heavy atom. The second-order valence-electron chi connectivity index (χ2n) is 6.44. The van der Waals surface area contributed by atoms with Crippen molar-refractivity contribution in [1.29, 1.82) is 0 Å². The summed E-state index contributed by atoms with van der Waals surface area (Å²) in [6.45, 7) is 0. The molecular weight excluding hydrogens is 402 g/mol. The van der Waals surface area contributed by atoms with Crippen molar-refractivity contribution < 1.29 is 32.3 Å². The largest absolute Gasteiger partial charge is 0.478 e. The molecular formula is C22H11F4NO3. The molecule has 4 rings (SSSR count). The minimum Gasteiger partial charge on any atom is -0.478 e. The smallest absolute Gasteiger partial charge is 0.335 e. The highest BCUT2D eigenvalue weighted by Crippen LogP contribution is 2.33. The minimum atomic E-state index is -1.35. The van der Waals surface area contributed by atoms with Gasteiger partial charge >= 0.3 is 5.97 Å². The summed E-state index contributed by atoms with van der Waals surface area (Å²) in [6, 6.07) is 9.44. The predicted octanol–water partition coefficient (Wildman–Crippen LogP) is 5.09. The van der Waals surface area contributed by atoms with Crippen molar-refractivity contribution in [2.24, 2.45) is 0 Å². The lowest BCUT2D eigenvalue weighted by Crippen LogP contribution is -2.10. The Kier molecular flexibility index (Phi) is 4.62. The van der Waals surface area contributed by atoms with E-state index in [-0.39, 0.29) is 27.9 Å². The zero-order valence-corrected chi connectivity index (χ0v) is 15.0. The lowest BCUT2D eigenvalue weighted by atomic mass is 10.0. The highest BCUT2D eigenvalue weighted by molar-refractivity contribution is 6.10. The van der Waals surface area contributed by atoms with E-state index in [4.69, 9.17) is 5.11 Å². The molecule has 0 fully saturated rings. The van der Waals surface area contributed by atoms with E-state index in [1.165, 1.54) is 12.3 Å². The van der Waals surface area contributed by atoms with Gasteiger partial charge < -0.3 is 9.51 Å². The number of halogens is 4. The van der Waals surface area contributed by atoms with E-state index in [1.807, 2.05) is 0 Å². The van der Waals surface area contributed by atoms with Gasteiger partial charge in [-0.25, -0.2) is 22.4 Å². The number of carboxylic acid groups (broad SMARTS) is 1. The Labute approximate surface area is 166 Å². The molecule has 0 aliphatic carbocycles. The Balaban J connectivity index is 1.98. The number of fused-ring (bicyclic) bond motifs is 1. The number of hydrogen-bond acceptors (Lipinski definition) is 2. The van der Waals surface area contributed by atoms with Gasteiger partial charge in [-0.1, -0.05) is 12.1 Å². The molecule has 0 bridgehead atoms. The fourth-order valence-electron chi connectivity index (χ4n) is 3.31. The third kappa shape index (κ3) is 3.02. The Morgan fingerprint density at radius 2 is 1.43 bits per heavy atom. The molecule has 2 aromatic carbocycles. The molecule has 0 spiro atoms. The van der Waals surface area contributed by atoms with E-state index < -0.39 is 40.6 Å². The van der Waals surface area contributed by atoms with Gasteiger partial charge in [0.2, 0.25) is 5.78 Å². The molecule has 0 saturated heterocycles. The van der Waals surface area contributed by atoms with Crippen molar-refractivity contribution in [3.05, 3.63) is 101 Å². The highest BCUT2D eigenvalue weighted by Gasteiger charge is 2.25. The fraction of sp³-hybridized carbons (Fsp3) is 0. The molecule has 4 aromatic rings. The maximum Gasteiger partial charge on any atom is 0.335 e. The molecule has 150 valence electrons. The van der Waals surface area contributed by atoms with Crippen LogP contribution in [0.5, 0.6) is 0 Å². The fourth-order valence-corrected chi connectivity index (χ4v) is 3.31. The number of pyridine rings is 1. The summed E-state index contributed by atoms with van der Waals surface area (Å²) in [4.78, 5) is 23.9. The molecule has 0 saturated carbocycles. The summed E-state index contributed by atoms with van der Waals surface area (Å²) in [5.41, 5.74) is -1.86. The normalized spacial score (nSPS) is 11.1. The first-order valence-electron chi connectivity index (χ1n) is 8.61. The summed E-state index contributed by atoms with van der Waals surface area (Å²) in [5.74, 6) is -6.35. The zero-order chi connectivity index (χ0) is 21.6. The molecule has 0 aliphatic heterocycles. The van der Waals surface area contributed by atoms with Gasteiger partial charge in [0.05, 0.1) is 22.3 Å². The number of carbonyl (C=O) groups is 2. The van der Waals surface area contributed by atoms with Crippen LogP contribution < -0.4 is 0 Å². The summed E-state index contributed by atoms with van der Waals surface area (Å²) in [6.07, 6.45) is 1.30. The van der Waals surface area contributed by atoms with Crippen molar-refractivity contribution in [1.82, 2.24) is 4.40 Å². The van der Waals surface area contributed by atoms with Gasteiger partial charge in [0.1, 0.15) is 23.3 Å². The first kappa shape index (κ1) is 19.4. The van der Waals surface area contributed by atoms with Crippen LogP contribution in [0.15, 0.2) is 60.8 Å². The first-order valence-corrected chi connectivity index (χ1v) is 8.61. The minimum absolute atomic E-state index is 0.0670. The number of hydrogen-bond donors (Lipinski definition) is 1. The van der Waals surface area contributed by atoms with E-state index >= 15 is 0 Å². The number of benzene rings is 2. The van der Waals surface area contributed by atoms with Crippen LogP contribution in [0, 0.1) is 23.3 Å². The predicted molar refractivity (Wildman–Crippen MR) is 99.5 cm³/mol. The van der Waals surface area contributed by atoms with Crippen molar-refractivity contribution >= 4 is 17.3 Å². The van der Waals surface area contributed by atoms with Gasteiger partial charge in [-0.05, 0) is 42.5 Å². The average molecular weight is 413 g/mol. The van der Waals surface area contributed by atoms with E-state index in [9.17, 15) is 27.2 Å². The lowest BCUT2D eigenvalue weighted by molar-refractivity contribution is 0.0696. The second-order valence-corrected chi connectivity index (χ2v) is 6.44. The molecule has 8 heteroatoms. The van der Waals surface area contributed by atoms with E-state index in [0.717, 1.165) is 52.9 Å². The van der Waals surface area contributed by atoms with Gasteiger partial charge in [0, 0.05) is 17.3 Å². The van der Waals surface area contributed by atoms with E-state index in [0.29, 0.717) is 0 Å². The number of aromatic carboxylic acids is 1. The van der Waals surface area contributed by atoms with Gasteiger partial charge in [-0.3, -0.25) is 4.79 Å². The SMILES string of the molecule is O=C(O)c1ccc(-c2cc(C(=O)c3c(F)cccc3F)n3cccc(F)c23)c(F)c1. The molecule has 1 N–H and O–H groups in total. The topological polar surface area (TPSA) is 58.8 Å². The number of carbonyl (C=O) groups excluding carboxylic acids is 1. The second kappa shape index (κ2) is 7.14. The summed E-state index contributed by atoms with van der Waals surface area (Å²) >= 11 is 0. The van der Waals surface area contributed by atoms with Crippen molar-refractivity contribution in [2.45, 2.75) is 0 Å². The van der Waals surface area contributed by atoms with E-state index in [2.05, 4.69) is 0 Å². The van der Waals surface area contributed by atoms with Crippen LogP contribution in [0.4, 0.5) is 17.6 Å². The van der Waals surface area contributed by atoms with Crippen molar-refractivity contribution in [3.8, 4) is 11.1 Å². The monoisotopic (exact) mass is 413 g/mol. The van der Waals surface area contributed by atoms with Gasteiger partial charge in [0.15, 0.2) is 0 Å². The van der Waals surface area contributed by atoms with Gasteiger partial charge in [0.25, 0.3) is 0 Å². The lowest BCUT2D eigenvalue weighted by Gasteiger charge is -2.06. The molecule has 0 radical (unpaired) electrons. The molecule has 0 atom stereocenters. The maximum atomic E-state index is 14.6.